The van der Waals surface area contributed by atoms with Gasteiger partial charge in [-0.1, -0.05) is 72.3 Å². The second kappa shape index (κ2) is 10.7. The monoisotopic (exact) mass is 429 g/mol. The van der Waals surface area contributed by atoms with Crippen molar-refractivity contribution < 1.29 is 9.59 Å². The number of hydrogen-bond acceptors (Lipinski definition) is 3. The quantitative estimate of drug-likeness (QED) is 0.558. The normalized spacial score (nSPS) is 11.6. The number of aryl methyl sites for hydroxylation is 3. The van der Waals surface area contributed by atoms with Gasteiger partial charge in [-0.15, -0.1) is 0 Å². The van der Waals surface area contributed by atoms with E-state index in [0.29, 0.717) is 0 Å². The van der Waals surface area contributed by atoms with Gasteiger partial charge in [0.25, 0.3) is 0 Å². The smallest absolute Gasteiger partial charge is 0.243 e. The Morgan fingerprint density at radius 1 is 0.844 bits per heavy atom. The van der Waals surface area contributed by atoms with Gasteiger partial charge in [-0.2, -0.15) is 0 Å². The van der Waals surface area contributed by atoms with Gasteiger partial charge in [-0.25, -0.2) is 0 Å². The number of likely N-dealkylation sites (N-methyl/N-ethyl adjacent to an activating group) is 1. The van der Waals surface area contributed by atoms with Crippen molar-refractivity contribution in [3.05, 3.63) is 101 Å². The fraction of sp³-hybridized carbons (Fsp3) is 0.259. The molecule has 0 heterocycles. The minimum Gasteiger partial charge on any atom is -0.335 e. The van der Waals surface area contributed by atoms with Crippen molar-refractivity contribution in [3.8, 4) is 0 Å². The second-order valence-electron chi connectivity index (χ2n) is 8.25. The van der Waals surface area contributed by atoms with E-state index in [1.807, 2.05) is 62.4 Å². The molecule has 0 aliphatic carbocycles. The van der Waals surface area contributed by atoms with Gasteiger partial charge in [0.05, 0.1) is 19.1 Å². The van der Waals surface area contributed by atoms with Crippen molar-refractivity contribution in [3.63, 3.8) is 0 Å². The van der Waals surface area contributed by atoms with Crippen LogP contribution in [0.4, 0.5) is 5.69 Å². The van der Waals surface area contributed by atoms with Gasteiger partial charge in [0.15, 0.2) is 0 Å². The number of amides is 2. The number of benzene rings is 3. The van der Waals surface area contributed by atoms with Gasteiger partial charge in [-0.05, 0) is 49.1 Å². The van der Waals surface area contributed by atoms with Crippen molar-refractivity contribution in [2.75, 3.05) is 25.5 Å². The first-order valence-electron chi connectivity index (χ1n) is 10.8. The van der Waals surface area contributed by atoms with Crippen LogP contribution in [0.3, 0.4) is 0 Å². The third kappa shape index (κ3) is 6.28. The van der Waals surface area contributed by atoms with E-state index >= 15 is 0 Å². The Balaban J connectivity index is 1.62. The molecule has 3 aromatic carbocycles. The molecule has 0 aliphatic rings. The molecule has 0 radical (unpaired) electrons. The summed E-state index contributed by atoms with van der Waals surface area (Å²) in [6.45, 7) is 6.10. The summed E-state index contributed by atoms with van der Waals surface area (Å²) in [4.78, 5) is 26.7. The van der Waals surface area contributed by atoms with Crippen molar-refractivity contribution in [1.82, 2.24) is 10.2 Å². The van der Waals surface area contributed by atoms with Gasteiger partial charge in [0.1, 0.15) is 0 Å². The van der Waals surface area contributed by atoms with Crippen LogP contribution in [0.15, 0.2) is 72.8 Å². The van der Waals surface area contributed by atoms with Crippen molar-refractivity contribution in [2.24, 2.45) is 0 Å². The zero-order valence-corrected chi connectivity index (χ0v) is 19.2. The van der Waals surface area contributed by atoms with Crippen LogP contribution in [0.5, 0.6) is 0 Å². The maximum atomic E-state index is 12.8. The first kappa shape index (κ1) is 23.2. The van der Waals surface area contributed by atoms with Gasteiger partial charge in [-0.3, -0.25) is 14.9 Å². The number of rotatable bonds is 8. The van der Waals surface area contributed by atoms with E-state index in [-0.39, 0.29) is 30.9 Å². The molecule has 3 aromatic rings. The minimum absolute atomic E-state index is 0.00553. The number of hydrogen-bond donors (Lipinski definition) is 2. The molecule has 5 heteroatoms. The summed E-state index contributed by atoms with van der Waals surface area (Å²) in [5, 5.41) is 6.27. The predicted molar refractivity (Wildman–Crippen MR) is 130 cm³/mol. The first-order chi connectivity index (χ1) is 15.3. The number of carbonyl (C=O) groups is 2. The molecule has 3 rings (SSSR count). The molecular weight excluding hydrogens is 398 g/mol. The minimum atomic E-state index is -0.215. The molecule has 0 unspecified atom stereocenters. The zero-order valence-electron chi connectivity index (χ0n) is 19.2. The lowest BCUT2D eigenvalue weighted by molar-refractivity contribution is -0.132. The number of nitrogens with zero attached hydrogens (tertiary/aromatic N) is 1. The third-order valence-electron chi connectivity index (χ3n) is 5.47. The summed E-state index contributed by atoms with van der Waals surface area (Å²) in [5.74, 6) is -0.359. The molecule has 2 N–H and O–H groups in total. The van der Waals surface area contributed by atoms with Crippen LogP contribution in [-0.4, -0.2) is 36.9 Å². The summed E-state index contributed by atoms with van der Waals surface area (Å²) in [5.41, 5.74) is 6.19. The van der Waals surface area contributed by atoms with Gasteiger partial charge in [0, 0.05) is 12.7 Å². The average molecular weight is 430 g/mol. The van der Waals surface area contributed by atoms with Crippen LogP contribution < -0.4 is 10.6 Å². The van der Waals surface area contributed by atoms with E-state index in [1.54, 1.807) is 7.05 Å². The van der Waals surface area contributed by atoms with E-state index in [9.17, 15) is 9.59 Å². The van der Waals surface area contributed by atoms with Gasteiger partial charge < -0.3 is 10.2 Å². The summed E-state index contributed by atoms with van der Waals surface area (Å²) in [7, 11) is 1.65. The Bertz CT molecular complexity index is 1060. The molecule has 0 bridgehead atoms. The molecule has 5 nitrogen and oxygen atoms in total. The molecule has 0 saturated heterocycles. The lowest BCUT2D eigenvalue weighted by Crippen LogP contribution is -2.41. The zero-order chi connectivity index (χ0) is 23.1. The van der Waals surface area contributed by atoms with Crippen LogP contribution >= 0.6 is 0 Å². The van der Waals surface area contributed by atoms with E-state index < -0.39 is 0 Å². The molecule has 0 aliphatic heterocycles. The number of carbonyl (C=O) groups excluding carboxylic acids is 2. The SMILES string of the molecule is Cc1ccc([C@H](NCC(=O)N(C)CC(=O)Nc2cc(C)ccc2C)c2ccccc2)cc1. The Kier molecular flexibility index (Phi) is 7.79. The molecule has 1 atom stereocenters. The molecule has 2 amide bonds. The topological polar surface area (TPSA) is 61.4 Å². The highest BCUT2D eigenvalue weighted by Gasteiger charge is 2.18. The second-order valence-corrected chi connectivity index (χ2v) is 8.25. The number of anilines is 1. The van der Waals surface area contributed by atoms with E-state index in [1.165, 1.54) is 10.5 Å². The third-order valence-corrected chi connectivity index (χ3v) is 5.47. The Labute approximate surface area is 190 Å². The highest BCUT2D eigenvalue weighted by atomic mass is 16.2. The van der Waals surface area contributed by atoms with E-state index in [0.717, 1.165) is 27.9 Å². The van der Waals surface area contributed by atoms with Crippen LogP contribution in [0, 0.1) is 20.8 Å². The molecule has 0 saturated carbocycles. The van der Waals surface area contributed by atoms with Crippen molar-refractivity contribution >= 4 is 17.5 Å². The molecule has 0 aromatic heterocycles. The van der Waals surface area contributed by atoms with Crippen LogP contribution in [0.1, 0.15) is 33.9 Å². The van der Waals surface area contributed by atoms with Gasteiger partial charge in [0.2, 0.25) is 11.8 Å². The Morgan fingerprint density at radius 2 is 1.47 bits per heavy atom. The fourth-order valence-electron chi connectivity index (χ4n) is 3.52. The fourth-order valence-corrected chi connectivity index (χ4v) is 3.52. The van der Waals surface area contributed by atoms with E-state index in [2.05, 4.69) is 41.8 Å². The largest absolute Gasteiger partial charge is 0.335 e. The molecule has 32 heavy (non-hydrogen) atoms. The van der Waals surface area contributed by atoms with Crippen LogP contribution in [0.2, 0.25) is 0 Å². The summed E-state index contributed by atoms with van der Waals surface area (Å²) < 4.78 is 0. The lowest BCUT2D eigenvalue weighted by Gasteiger charge is -2.22. The highest BCUT2D eigenvalue weighted by Crippen LogP contribution is 2.22. The molecule has 166 valence electrons. The Morgan fingerprint density at radius 3 is 2.16 bits per heavy atom. The maximum absolute atomic E-state index is 12.8. The average Bonchev–Trinajstić information content (AvgIpc) is 2.78. The standard InChI is InChI=1S/C27H31N3O2/c1-19-11-14-23(15-12-19)27(22-8-6-5-7-9-22)28-17-26(32)30(4)18-25(31)29-24-16-20(2)10-13-21(24)3/h5-16,27-28H,17-18H2,1-4H3,(H,29,31)/t27-/m1/s1. The summed E-state index contributed by atoms with van der Waals surface area (Å²) >= 11 is 0. The van der Waals surface area contributed by atoms with Crippen LogP contribution in [-0.2, 0) is 9.59 Å². The Hall–Kier alpha value is -3.44. The molecular formula is C27H31N3O2. The maximum Gasteiger partial charge on any atom is 0.243 e. The van der Waals surface area contributed by atoms with Crippen molar-refractivity contribution in [1.29, 1.82) is 0 Å². The molecule has 0 fully saturated rings. The lowest BCUT2D eigenvalue weighted by atomic mass is 9.98. The van der Waals surface area contributed by atoms with Crippen molar-refractivity contribution in [2.45, 2.75) is 26.8 Å². The van der Waals surface area contributed by atoms with Gasteiger partial charge >= 0.3 is 0 Å². The van der Waals surface area contributed by atoms with E-state index in [4.69, 9.17) is 0 Å². The number of nitrogens with one attached hydrogen (secondary N) is 2. The summed E-state index contributed by atoms with van der Waals surface area (Å²) in [6, 6.07) is 24.1. The highest BCUT2D eigenvalue weighted by molar-refractivity contribution is 5.95. The predicted octanol–water partition coefficient (Wildman–Crippen LogP) is 4.39. The summed E-state index contributed by atoms with van der Waals surface area (Å²) in [6.07, 6.45) is 0. The molecule has 0 spiro atoms. The first-order valence-corrected chi connectivity index (χ1v) is 10.8. The van der Waals surface area contributed by atoms with Crippen LogP contribution in [0.25, 0.3) is 0 Å².